The summed E-state index contributed by atoms with van der Waals surface area (Å²) in [4.78, 5) is 29.4. The number of carbonyl (C=O) groups excluding carboxylic acids is 2. The first kappa shape index (κ1) is 15.6. The van der Waals surface area contributed by atoms with E-state index in [0.717, 1.165) is 5.69 Å². The van der Waals surface area contributed by atoms with Crippen LogP contribution in [0.4, 0.5) is 0 Å². The average Bonchev–Trinajstić information content (AvgIpc) is 3.20. The van der Waals surface area contributed by atoms with Gasteiger partial charge in [-0.25, -0.2) is 0 Å². The maximum absolute atomic E-state index is 13.0. The quantitative estimate of drug-likeness (QED) is 0.808. The molecule has 0 aliphatic carbocycles. The molecule has 24 heavy (non-hydrogen) atoms. The first-order chi connectivity index (χ1) is 11.3. The Balaban J connectivity index is 1.66. The van der Waals surface area contributed by atoms with Gasteiger partial charge in [0, 0.05) is 20.0 Å². The van der Waals surface area contributed by atoms with E-state index in [2.05, 4.69) is 18.9 Å². The fourth-order valence-corrected chi connectivity index (χ4v) is 4.57. The molecule has 7 nitrogen and oxygen atoms in total. The number of rotatable bonds is 2. The molecule has 1 spiro atoms. The number of hydrogen-bond acceptors (Lipinski definition) is 4. The van der Waals surface area contributed by atoms with Gasteiger partial charge in [0.1, 0.15) is 5.69 Å². The summed E-state index contributed by atoms with van der Waals surface area (Å²) in [6.45, 7) is 7.28. The highest BCUT2D eigenvalue weighted by Crippen LogP contribution is 2.49. The van der Waals surface area contributed by atoms with Crippen molar-refractivity contribution in [2.45, 2.75) is 51.4 Å². The third kappa shape index (κ3) is 1.90. The molecule has 1 aromatic heterocycles. The zero-order chi connectivity index (χ0) is 17.2. The molecule has 3 saturated heterocycles. The number of aryl methyl sites for hydroxylation is 2. The van der Waals surface area contributed by atoms with E-state index in [1.807, 2.05) is 16.7 Å². The smallest absolute Gasteiger partial charge is 0.272 e. The molecule has 0 unspecified atom stereocenters. The van der Waals surface area contributed by atoms with E-state index in [4.69, 9.17) is 4.74 Å². The Hall–Kier alpha value is -1.89. The molecule has 4 heterocycles. The van der Waals surface area contributed by atoms with E-state index in [1.165, 1.54) is 0 Å². The van der Waals surface area contributed by atoms with Gasteiger partial charge in [0.15, 0.2) is 5.72 Å². The van der Waals surface area contributed by atoms with Crippen molar-refractivity contribution >= 4 is 11.8 Å². The van der Waals surface area contributed by atoms with E-state index in [0.29, 0.717) is 37.6 Å². The molecule has 0 bridgehead atoms. The van der Waals surface area contributed by atoms with E-state index < -0.39 is 5.72 Å². The Labute approximate surface area is 141 Å². The first-order valence-electron chi connectivity index (χ1n) is 8.63. The lowest BCUT2D eigenvalue weighted by atomic mass is 10.0. The topological polar surface area (TPSA) is 67.7 Å². The van der Waals surface area contributed by atoms with E-state index in [1.54, 1.807) is 17.8 Å². The first-order valence-corrected chi connectivity index (χ1v) is 8.63. The maximum Gasteiger partial charge on any atom is 0.272 e. The molecule has 3 aliphatic heterocycles. The van der Waals surface area contributed by atoms with Crippen LogP contribution in [0.1, 0.15) is 42.9 Å². The number of hydrogen-bond donors (Lipinski definition) is 0. The summed E-state index contributed by atoms with van der Waals surface area (Å²) in [5.74, 6) is 0.387. The molecule has 0 radical (unpaired) electrons. The second kappa shape index (κ2) is 5.05. The minimum Gasteiger partial charge on any atom is -0.351 e. The molecular weight excluding hydrogens is 308 g/mol. The van der Waals surface area contributed by atoms with Crippen LogP contribution < -0.4 is 0 Å². The fourth-order valence-electron chi connectivity index (χ4n) is 4.57. The van der Waals surface area contributed by atoms with Crippen LogP contribution in [0.5, 0.6) is 0 Å². The van der Waals surface area contributed by atoms with Gasteiger partial charge < -0.3 is 14.5 Å². The minimum atomic E-state index is -0.616. The predicted molar refractivity (Wildman–Crippen MR) is 86.2 cm³/mol. The van der Waals surface area contributed by atoms with E-state index >= 15 is 0 Å². The minimum absolute atomic E-state index is 0.0637. The third-order valence-corrected chi connectivity index (χ3v) is 5.74. The largest absolute Gasteiger partial charge is 0.351 e. The van der Waals surface area contributed by atoms with Gasteiger partial charge in [0.05, 0.1) is 30.8 Å². The zero-order valence-corrected chi connectivity index (χ0v) is 14.7. The van der Waals surface area contributed by atoms with Crippen LogP contribution in [0.15, 0.2) is 6.07 Å². The van der Waals surface area contributed by atoms with Gasteiger partial charge in [-0.1, -0.05) is 13.8 Å². The summed E-state index contributed by atoms with van der Waals surface area (Å²) in [6.07, 6.45) is 1.04. The van der Waals surface area contributed by atoms with E-state index in [-0.39, 0.29) is 23.9 Å². The van der Waals surface area contributed by atoms with Gasteiger partial charge in [-0.3, -0.25) is 14.3 Å². The van der Waals surface area contributed by atoms with Crippen molar-refractivity contribution in [3.63, 3.8) is 0 Å². The highest BCUT2D eigenvalue weighted by Gasteiger charge is 2.65. The fraction of sp³-hybridized carbons (Fsp3) is 0.706. The summed E-state index contributed by atoms with van der Waals surface area (Å²) < 4.78 is 7.79. The molecule has 0 aromatic carbocycles. The molecule has 3 fully saturated rings. The Bertz CT molecular complexity index is 713. The molecule has 3 atom stereocenters. The molecular formula is C17H24N4O3. The standard InChI is InChI=1S/C17H24N4O3/c1-10(2)13-9-24-17-5-6-20(14(17)8-15(22)21(13)17)16(23)12-7-11(3)18-19(12)4/h7,10,13-14H,5-6,8-9H2,1-4H3/t13-,14+,17-/m0/s1. The Morgan fingerprint density at radius 2 is 2.21 bits per heavy atom. The molecule has 130 valence electrons. The molecule has 0 N–H and O–H groups in total. The normalized spacial score (nSPS) is 32.0. The summed E-state index contributed by atoms with van der Waals surface area (Å²) in [6, 6.07) is 1.71. The number of aromatic nitrogens is 2. The van der Waals surface area contributed by atoms with Crippen LogP contribution in [-0.2, 0) is 16.6 Å². The SMILES string of the molecule is Cc1cc(C(=O)N2CC[C@@]34OC[C@@H](C(C)C)N3C(=O)C[C@@H]24)n(C)n1. The van der Waals surface area contributed by atoms with Gasteiger partial charge in [0.2, 0.25) is 5.91 Å². The van der Waals surface area contributed by atoms with Crippen molar-refractivity contribution < 1.29 is 14.3 Å². The van der Waals surface area contributed by atoms with Gasteiger partial charge in [-0.2, -0.15) is 5.10 Å². The zero-order valence-electron chi connectivity index (χ0n) is 14.7. The van der Waals surface area contributed by atoms with Gasteiger partial charge in [0.25, 0.3) is 5.91 Å². The molecule has 0 saturated carbocycles. The number of carbonyl (C=O) groups is 2. The van der Waals surface area contributed by atoms with Crippen molar-refractivity contribution in [1.82, 2.24) is 19.6 Å². The Morgan fingerprint density at radius 3 is 2.83 bits per heavy atom. The lowest BCUT2D eigenvalue weighted by Crippen LogP contribution is -2.51. The van der Waals surface area contributed by atoms with Crippen molar-refractivity contribution in [2.75, 3.05) is 13.2 Å². The lowest BCUT2D eigenvalue weighted by Gasteiger charge is -2.34. The molecule has 3 aliphatic rings. The third-order valence-electron chi connectivity index (χ3n) is 5.74. The second-order valence-corrected chi connectivity index (χ2v) is 7.49. The molecule has 4 rings (SSSR count). The van der Waals surface area contributed by atoms with Crippen molar-refractivity contribution in [3.05, 3.63) is 17.5 Å². The predicted octanol–water partition coefficient (Wildman–Crippen LogP) is 0.926. The van der Waals surface area contributed by atoms with Crippen LogP contribution in [0.2, 0.25) is 0 Å². The van der Waals surface area contributed by atoms with Gasteiger partial charge in [-0.15, -0.1) is 0 Å². The summed E-state index contributed by atoms with van der Waals surface area (Å²) >= 11 is 0. The summed E-state index contributed by atoms with van der Waals surface area (Å²) in [5, 5.41) is 4.26. The van der Waals surface area contributed by atoms with E-state index in [9.17, 15) is 9.59 Å². The van der Waals surface area contributed by atoms with Gasteiger partial charge in [-0.05, 0) is 18.9 Å². The Kier molecular flexibility index (Phi) is 3.29. The number of ether oxygens (including phenoxy) is 1. The maximum atomic E-state index is 13.0. The summed E-state index contributed by atoms with van der Waals surface area (Å²) in [5.41, 5.74) is 0.764. The van der Waals surface area contributed by atoms with Crippen LogP contribution in [0.3, 0.4) is 0 Å². The van der Waals surface area contributed by atoms with Crippen LogP contribution in [0.25, 0.3) is 0 Å². The average molecular weight is 332 g/mol. The van der Waals surface area contributed by atoms with Crippen molar-refractivity contribution in [2.24, 2.45) is 13.0 Å². The van der Waals surface area contributed by atoms with Crippen molar-refractivity contribution in [1.29, 1.82) is 0 Å². The number of likely N-dealkylation sites (tertiary alicyclic amines) is 1. The molecule has 2 amide bonds. The monoisotopic (exact) mass is 332 g/mol. The molecule has 7 heteroatoms. The van der Waals surface area contributed by atoms with Crippen LogP contribution >= 0.6 is 0 Å². The van der Waals surface area contributed by atoms with Crippen LogP contribution in [-0.4, -0.2) is 62.4 Å². The van der Waals surface area contributed by atoms with Crippen molar-refractivity contribution in [3.8, 4) is 0 Å². The van der Waals surface area contributed by atoms with Crippen LogP contribution in [0, 0.1) is 12.8 Å². The highest BCUT2D eigenvalue weighted by molar-refractivity contribution is 5.94. The highest BCUT2D eigenvalue weighted by atomic mass is 16.5. The second-order valence-electron chi connectivity index (χ2n) is 7.49. The van der Waals surface area contributed by atoms with Gasteiger partial charge >= 0.3 is 0 Å². The Morgan fingerprint density at radius 1 is 1.46 bits per heavy atom. The number of nitrogens with zero attached hydrogens (tertiary/aromatic N) is 4. The summed E-state index contributed by atoms with van der Waals surface area (Å²) in [7, 11) is 1.78. The number of amides is 2. The lowest BCUT2D eigenvalue weighted by molar-refractivity contribution is -0.139. The molecule has 1 aromatic rings.